The van der Waals surface area contributed by atoms with E-state index in [-0.39, 0.29) is 5.91 Å². The third-order valence-corrected chi connectivity index (χ3v) is 5.83. The van der Waals surface area contributed by atoms with Crippen LogP contribution in [0.4, 0.5) is 11.5 Å². The van der Waals surface area contributed by atoms with Gasteiger partial charge in [0.2, 0.25) is 5.91 Å². The summed E-state index contributed by atoms with van der Waals surface area (Å²) < 4.78 is 2.26. The second-order valence-electron chi connectivity index (χ2n) is 7.79. The van der Waals surface area contributed by atoms with Crippen LogP contribution in [0.2, 0.25) is 0 Å². The standard InChI is InChI=1S/C20H25N5O.C2H6/c1-13-5-8-19-17(21-13)4-3-10-24(19)20-16-12-23(14(2)26)11-9-18(16)25(22-20)15-6-7-15;1-2/h5,8,15H,3-4,6-7,9-12H2,1-2H3;1-2H3. The second kappa shape index (κ2) is 7.57. The summed E-state index contributed by atoms with van der Waals surface area (Å²) in [5.74, 6) is 1.20. The average molecular weight is 382 g/mol. The lowest BCUT2D eigenvalue weighted by atomic mass is 10.0. The molecular weight excluding hydrogens is 350 g/mol. The normalized spacial score (nSPS) is 18.1. The quantitative estimate of drug-likeness (QED) is 0.791. The number of hydrogen-bond donors (Lipinski definition) is 0. The first kappa shape index (κ1) is 19.0. The van der Waals surface area contributed by atoms with E-state index in [2.05, 4.69) is 21.7 Å². The average Bonchev–Trinajstić information content (AvgIpc) is 3.49. The molecular formula is C22H31N5O. The molecule has 0 unspecified atom stereocenters. The van der Waals surface area contributed by atoms with Gasteiger partial charge in [0.05, 0.1) is 24.0 Å². The van der Waals surface area contributed by atoms with Crippen molar-refractivity contribution in [1.82, 2.24) is 19.7 Å². The minimum atomic E-state index is 0.150. The first-order valence-corrected chi connectivity index (χ1v) is 10.7. The van der Waals surface area contributed by atoms with Crippen LogP contribution in [0.1, 0.15) is 68.7 Å². The second-order valence-corrected chi connectivity index (χ2v) is 7.79. The van der Waals surface area contributed by atoms with Gasteiger partial charge in [0, 0.05) is 43.4 Å². The van der Waals surface area contributed by atoms with Gasteiger partial charge in [-0.3, -0.25) is 14.5 Å². The molecule has 0 N–H and O–H groups in total. The number of aryl methyl sites for hydroxylation is 2. The zero-order valence-corrected chi connectivity index (χ0v) is 17.5. The Morgan fingerprint density at radius 3 is 2.64 bits per heavy atom. The molecule has 0 spiro atoms. The summed E-state index contributed by atoms with van der Waals surface area (Å²) in [5.41, 5.74) is 6.01. The Labute approximate surface area is 167 Å². The maximum absolute atomic E-state index is 12.0. The highest BCUT2D eigenvalue weighted by atomic mass is 16.2. The summed E-state index contributed by atoms with van der Waals surface area (Å²) in [5, 5.41) is 5.07. The number of rotatable bonds is 2. The molecule has 28 heavy (non-hydrogen) atoms. The molecule has 6 nitrogen and oxygen atoms in total. The Balaban J connectivity index is 0.000000932. The third-order valence-electron chi connectivity index (χ3n) is 5.83. The van der Waals surface area contributed by atoms with Crippen LogP contribution in [0.25, 0.3) is 0 Å². The van der Waals surface area contributed by atoms with Crippen molar-refractivity contribution >= 4 is 17.4 Å². The Morgan fingerprint density at radius 1 is 1.14 bits per heavy atom. The molecule has 1 aliphatic carbocycles. The molecule has 2 aliphatic heterocycles. The first-order chi connectivity index (χ1) is 13.6. The highest BCUT2D eigenvalue weighted by molar-refractivity contribution is 5.75. The van der Waals surface area contributed by atoms with Crippen LogP contribution in [0.3, 0.4) is 0 Å². The Hall–Kier alpha value is -2.37. The maximum Gasteiger partial charge on any atom is 0.219 e. The highest BCUT2D eigenvalue weighted by Crippen LogP contribution is 2.42. The lowest BCUT2D eigenvalue weighted by Gasteiger charge is -2.32. The van der Waals surface area contributed by atoms with E-state index >= 15 is 0 Å². The molecule has 4 heterocycles. The summed E-state index contributed by atoms with van der Waals surface area (Å²) in [4.78, 5) is 21.0. The highest BCUT2D eigenvalue weighted by Gasteiger charge is 2.35. The molecule has 0 aromatic carbocycles. The van der Waals surface area contributed by atoms with E-state index in [1.807, 2.05) is 25.7 Å². The molecule has 1 saturated carbocycles. The SMILES string of the molecule is CC.CC(=O)N1CCc2c(c(N3CCCc4nc(C)ccc43)nn2C2CC2)C1. The van der Waals surface area contributed by atoms with Gasteiger partial charge in [-0.1, -0.05) is 13.8 Å². The molecule has 0 bridgehead atoms. The van der Waals surface area contributed by atoms with E-state index in [1.54, 1.807) is 6.92 Å². The molecule has 1 fully saturated rings. The Morgan fingerprint density at radius 2 is 1.93 bits per heavy atom. The maximum atomic E-state index is 12.0. The minimum Gasteiger partial charge on any atom is -0.338 e. The van der Waals surface area contributed by atoms with E-state index in [9.17, 15) is 4.79 Å². The number of amides is 1. The van der Waals surface area contributed by atoms with Crippen molar-refractivity contribution < 1.29 is 4.79 Å². The fourth-order valence-corrected chi connectivity index (χ4v) is 4.31. The van der Waals surface area contributed by atoms with E-state index in [0.29, 0.717) is 12.6 Å². The van der Waals surface area contributed by atoms with Crippen LogP contribution >= 0.6 is 0 Å². The minimum absolute atomic E-state index is 0.150. The van der Waals surface area contributed by atoms with Crippen molar-refractivity contribution in [2.75, 3.05) is 18.0 Å². The lowest BCUT2D eigenvalue weighted by Crippen LogP contribution is -2.35. The van der Waals surface area contributed by atoms with Crippen molar-refractivity contribution in [2.24, 2.45) is 0 Å². The fraction of sp³-hybridized carbons (Fsp3) is 0.591. The molecule has 2 aromatic heterocycles. The van der Waals surface area contributed by atoms with E-state index in [1.165, 1.54) is 35.5 Å². The molecule has 0 atom stereocenters. The van der Waals surface area contributed by atoms with Gasteiger partial charge in [-0.15, -0.1) is 0 Å². The summed E-state index contributed by atoms with van der Waals surface area (Å²) in [6.07, 6.45) is 5.47. The van der Waals surface area contributed by atoms with E-state index in [4.69, 9.17) is 10.1 Å². The predicted octanol–water partition coefficient (Wildman–Crippen LogP) is 3.94. The summed E-state index contributed by atoms with van der Waals surface area (Å²) in [6, 6.07) is 4.83. The fourth-order valence-electron chi connectivity index (χ4n) is 4.31. The molecule has 3 aliphatic rings. The molecule has 1 amide bonds. The summed E-state index contributed by atoms with van der Waals surface area (Å²) in [6.45, 7) is 10.2. The van der Waals surface area contributed by atoms with Crippen molar-refractivity contribution in [3.05, 3.63) is 34.8 Å². The zero-order valence-electron chi connectivity index (χ0n) is 17.5. The number of fused-ring (bicyclic) bond motifs is 2. The largest absolute Gasteiger partial charge is 0.338 e. The number of anilines is 2. The third kappa shape index (κ3) is 3.29. The van der Waals surface area contributed by atoms with Crippen molar-refractivity contribution in [3.63, 3.8) is 0 Å². The zero-order chi connectivity index (χ0) is 19.8. The van der Waals surface area contributed by atoms with Gasteiger partial charge < -0.3 is 9.80 Å². The number of carbonyl (C=O) groups excluding carboxylic acids is 1. The molecule has 2 aromatic rings. The number of carbonyl (C=O) groups is 1. The van der Waals surface area contributed by atoms with Gasteiger partial charge in [-0.2, -0.15) is 5.10 Å². The van der Waals surface area contributed by atoms with Crippen LogP contribution in [0.5, 0.6) is 0 Å². The molecule has 0 saturated heterocycles. The Kier molecular flexibility index (Phi) is 5.13. The summed E-state index contributed by atoms with van der Waals surface area (Å²) >= 11 is 0. The van der Waals surface area contributed by atoms with Gasteiger partial charge in [-0.05, 0) is 44.7 Å². The van der Waals surface area contributed by atoms with E-state index in [0.717, 1.165) is 43.9 Å². The van der Waals surface area contributed by atoms with Gasteiger partial charge in [0.15, 0.2) is 5.82 Å². The van der Waals surface area contributed by atoms with Crippen molar-refractivity contribution in [2.45, 2.75) is 72.4 Å². The van der Waals surface area contributed by atoms with Crippen LogP contribution in [-0.4, -0.2) is 38.7 Å². The van der Waals surface area contributed by atoms with Crippen LogP contribution in [0.15, 0.2) is 12.1 Å². The van der Waals surface area contributed by atoms with Crippen LogP contribution in [0, 0.1) is 6.92 Å². The topological polar surface area (TPSA) is 54.3 Å². The van der Waals surface area contributed by atoms with Gasteiger partial charge in [-0.25, -0.2) is 0 Å². The number of nitrogens with zero attached hydrogens (tertiary/aromatic N) is 5. The summed E-state index contributed by atoms with van der Waals surface area (Å²) in [7, 11) is 0. The molecule has 150 valence electrons. The smallest absolute Gasteiger partial charge is 0.219 e. The lowest BCUT2D eigenvalue weighted by molar-refractivity contribution is -0.129. The number of aromatic nitrogens is 3. The predicted molar refractivity (Wildman–Crippen MR) is 111 cm³/mol. The van der Waals surface area contributed by atoms with Crippen molar-refractivity contribution in [3.8, 4) is 0 Å². The van der Waals surface area contributed by atoms with Gasteiger partial charge in [0.1, 0.15) is 0 Å². The van der Waals surface area contributed by atoms with Crippen LogP contribution in [-0.2, 0) is 24.2 Å². The molecule has 5 rings (SSSR count). The van der Waals surface area contributed by atoms with E-state index < -0.39 is 0 Å². The van der Waals surface area contributed by atoms with Crippen molar-refractivity contribution in [1.29, 1.82) is 0 Å². The molecule has 6 heteroatoms. The molecule has 0 radical (unpaired) electrons. The van der Waals surface area contributed by atoms with Crippen LogP contribution < -0.4 is 4.90 Å². The van der Waals surface area contributed by atoms with Gasteiger partial charge in [0.25, 0.3) is 0 Å². The Bertz CT molecular complexity index is 883. The monoisotopic (exact) mass is 381 g/mol. The van der Waals surface area contributed by atoms with Gasteiger partial charge >= 0.3 is 0 Å². The first-order valence-electron chi connectivity index (χ1n) is 10.7. The number of hydrogen-bond acceptors (Lipinski definition) is 4. The number of pyridine rings is 1.